The highest BCUT2D eigenvalue weighted by Crippen LogP contribution is 2.29. The van der Waals surface area contributed by atoms with E-state index in [4.69, 9.17) is 4.74 Å². The molecule has 1 aromatic rings. The van der Waals surface area contributed by atoms with Crippen LogP contribution in [0, 0.1) is 0 Å². The molecule has 0 aromatic heterocycles. The molecule has 1 heterocycles. The largest absolute Gasteiger partial charge is 0.496 e. The minimum absolute atomic E-state index is 0.200. The van der Waals surface area contributed by atoms with Crippen LogP contribution in [0.3, 0.4) is 0 Å². The van der Waals surface area contributed by atoms with E-state index < -0.39 is 0 Å². The highest BCUT2D eigenvalue weighted by atomic mass is 16.5. The first kappa shape index (κ1) is 15.1. The van der Waals surface area contributed by atoms with E-state index >= 15 is 0 Å². The molecule has 2 rings (SSSR count). The molecule has 1 N–H and O–H groups in total. The Bertz CT molecular complexity index is 453. The lowest BCUT2D eigenvalue weighted by molar-refractivity contribution is 0.215. The molecular formula is C18H27NO. The van der Waals surface area contributed by atoms with Crippen LogP contribution in [0.1, 0.15) is 57.7 Å². The van der Waals surface area contributed by atoms with E-state index in [-0.39, 0.29) is 11.5 Å². The van der Waals surface area contributed by atoms with Gasteiger partial charge in [0.25, 0.3) is 0 Å². The first-order valence-corrected chi connectivity index (χ1v) is 7.69. The number of ether oxygens (including phenoxy) is 1. The first-order valence-electron chi connectivity index (χ1n) is 7.69. The number of rotatable bonds is 5. The van der Waals surface area contributed by atoms with Crippen molar-refractivity contribution in [2.24, 2.45) is 0 Å². The molecule has 1 aliphatic rings. The second kappa shape index (κ2) is 6.45. The molecule has 110 valence electrons. The molecule has 1 atom stereocenters. The molecule has 1 aliphatic heterocycles. The number of hydrogen-bond donors (Lipinski definition) is 1. The first-order chi connectivity index (χ1) is 9.52. The van der Waals surface area contributed by atoms with Crippen molar-refractivity contribution in [1.29, 1.82) is 0 Å². The molecular weight excluding hydrogens is 246 g/mol. The van der Waals surface area contributed by atoms with Crippen LogP contribution in [-0.2, 0) is 10.2 Å². The Morgan fingerprint density at radius 1 is 1.20 bits per heavy atom. The van der Waals surface area contributed by atoms with Crippen LogP contribution < -0.4 is 5.32 Å². The Hall–Kier alpha value is -1.28. The molecule has 0 fully saturated rings. The fourth-order valence-electron chi connectivity index (χ4n) is 2.49. The summed E-state index contributed by atoms with van der Waals surface area (Å²) < 4.78 is 5.76. The van der Waals surface area contributed by atoms with Crippen molar-refractivity contribution in [1.82, 2.24) is 5.32 Å². The molecule has 0 bridgehead atoms. The lowest BCUT2D eigenvalue weighted by Gasteiger charge is -2.23. The van der Waals surface area contributed by atoms with Gasteiger partial charge in [0, 0.05) is 6.42 Å². The average Bonchev–Trinajstić information content (AvgIpc) is 2.93. The van der Waals surface area contributed by atoms with Crippen LogP contribution in [0.5, 0.6) is 0 Å². The second-order valence-electron chi connectivity index (χ2n) is 6.50. The van der Waals surface area contributed by atoms with Gasteiger partial charge in [-0.25, -0.2) is 0 Å². The Morgan fingerprint density at radius 3 is 2.40 bits per heavy atom. The maximum Gasteiger partial charge on any atom is 0.114 e. The molecule has 2 heteroatoms. The highest BCUT2D eigenvalue weighted by molar-refractivity contribution is 5.32. The summed E-state index contributed by atoms with van der Waals surface area (Å²) in [6.45, 7) is 10.8. The van der Waals surface area contributed by atoms with Gasteiger partial charge in [-0.05, 0) is 35.6 Å². The summed E-state index contributed by atoms with van der Waals surface area (Å²) in [6.07, 6.45) is 4.37. The molecule has 20 heavy (non-hydrogen) atoms. The zero-order chi connectivity index (χ0) is 14.6. The monoisotopic (exact) mass is 273 g/mol. The normalized spacial score (nSPS) is 16.7. The minimum Gasteiger partial charge on any atom is -0.496 e. The van der Waals surface area contributed by atoms with Crippen LogP contribution in [0.2, 0.25) is 0 Å². The molecule has 0 radical (unpaired) electrons. The summed E-state index contributed by atoms with van der Waals surface area (Å²) in [5, 5.41) is 3.59. The van der Waals surface area contributed by atoms with Gasteiger partial charge in [0.1, 0.15) is 5.76 Å². The zero-order valence-corrected chi connectivity index (χ0v) is 13.2. The van der Waals surface area contributed by atoms with Crippen molar-refractivity contribution in [2.45, 2.75) is 52.0 Å². The van der Waals surface area contributed by atoms with Crippen molar-refractivity contribution >= 4 is 0 Å². The summed E-state index contributed by atoms with van der Waals surface area (Å²) in [5.74, 6) is 1.09. The SMILES string of the molecule is CCCNC(C1=CCCO1)c1ccc(C(C)(C)C)cc1. The number of nitrogens with one attached hydrogen (secondary N) is 1. The van der Waals surface area contributed by atoms with Gasteiger partial charge >= 0.3 is 0 Å². The lowest BCUT2D eigenvalue weighted by atomic mass is 9.86. The van der Waals surface area contributed by atoms with Gasteiger partial charge in [0.15, 0.2) is 0 Å². The Kier molecular flexibility index (Phi) is 4.87. The van der Waals surface area contributed by atoms with Gasteiger partial charge in [-0.1, -0.05) is 52.0 Å². The van der Waals surface area contributed by atoms with E-state index in [0.717, 1.165) is 31.8 Å². The van der Waals surface area contributed by atoms with Crippen LogP contribution in [0.4, 0.5) is 0 Å². The molecule has 0 amide bonds. The predicted molar refractivity (Wildman–Crippen MR) is 84.8 cm³/mol. The van der Waals surface area contributed by atoms with Crippen molar-refractivity contribution in [2.75, 3.05) is 13.2 Å². The third-order valence-electron chi connectivity index (χ3n) is 3.73. The quantitative estimate of drug-likeness (QED) is 0.862. The van der Waals surface area contributed by atoms with E-state index in [9.17, 15) is 0 Å². The fraction of sp³-hybridized carbons (Fsp3) is 0.556. The predicted octanol–water partition coefficient (Wildman–Crippen LogP) is 4.33. The third-order valence-corrected chi connectivity index (χ3v) is 3.73. The average molecular weight is 273 g/mol. The molecule has 0 saturated carbocycles. The van der Waals surface area contributed by atoms with Crippen molar-refractivity contribution in [3.63, 3.8) is 0 Å². The topological polar surface area (TPSA) is 21.3 Å². The van der Waals surface area contributed by atoms with Gasteiger partial charge < -0.3 is 10.1 Å². The third kappa shape index (κ3) is 3.63. The zero-order valence-electron chi connectivity index (χ0n) is 13.2. The summed E-state index contributed by atoms with van der Waals surface area (Å²) in [5.41, 5.74) is 2.87. The summed E-state index contributed by atoms with van der Waals surface area (Å²) in [4.78, 5) is 0. The standard InChI is InChI=1S/C18H27NO/c1-5-12-19-17(16-7-6-13-20-16)14-8-10-15(11-9-14)18(2,3)4/h7-11,17,19H,5-6,12-13H2,1-4H3. The number of hydrogen-bond acceptors (Lipinski definition) is 2. The molecule has 2 nitrogen and oxygen atoms in total. The maximum atomic E-state index is 5.76. The van der Waals surface area contributed by atoms with Gasteiger partial charge in [-0.3, -0.25) is 0 Å². The van der Waals surface area contributed by atoms with Crippen molar-refractivity contribution in [3.8, 4) is 0 Å². The van der Waals surface area contributed by atoms with E-state index in [2.05, 4.69) is 63.4 Å². The van der Waals surface area contributed by atoms with Gasteiger partial charge in [-0.2, -0.15) is 0 Å². The summed E-state index contributed by atoms with van der Waals surface area (Å²) >= 11 is 0. The minimum atomic E-state index is 0.200. The van der Waals surface area contributed by atoms with Crippen molar-refractivity contribution < 1.29 is 4.74 Å². The highest BCUT2D eigenvalue weighted by Gasteiger charge is 2.21. The summed E-state index contributed by atoms with van der Waals surface area (Å²) in [6, 6.07) is 9.15. The van der Waals surface area contributed by atoms with E-state index in [1.807, 2.05) is 0 Å². The van der Waals surface area contributed by atoms with Gasteiger partial charge in [0.2, 0.25) is 0 Å². The Balaban J connectivity index is 2.20. The molecule has 0 aliphatic carbocycles. The summed E-state index contributed by atoms with van der Waals surface area (Å²) in [7, 11) is 0. The maximum absolute atomic E-state index is 5.76. The second-order valence-corrected chi connectivity index (χ2v) is 6.50. The lowest BCUT2D eigenvalue weighted by Crippen LogP contribution is -2.24. The molecule has 0 spiro atoms. The van der Waals surface area contributed by atoms with E-state index in [1.54, 1.807) is 0 Å². The molecule has 1 unspecified atom stereocenters. The molecule has 0 saturated heterocycles. The Labute approximate surface area is 123 Å². The van der Waals surface area contributed by atoms with E-state index in [1.165, 1.54) is 11.1 Å². The van der Waals surface area contributed by atoms with Crippen molar-refractivity contribution in [3.05, 3.63) is 47.2 Å². The van der Waals surface area contributed by atoms with Gasteiger partial charge in [-0.15, -0.1) is 0 Å². The number of benzene rings is 1. The smallest absolute Gasteiger partial charge is 0.114 e. The van der Waals surface area contributed by atoms with E-state index in [0.29, 0.717) is 0 Å². The van der Waals surface area contributed by atoms with Gasteiger partial charge in [0.05, 0.1) is 12.6 Å². The van der Waals surface area contributed by atoms with Crippen LogP contribution in [0.15, 0.2) is 36.1 Å². The van der Waals surface area contributed by atoms with Crippen LogP contribution in [0.25, 0.3) is 0 Å². The van der Waals surface area contributed by atoms with Crippen LogP contribution >= 0.6 is 0 Å². The molecule has 1 aromatic carbocycles. The van der Waals surface area contributed by atoms with Crippen LogP contribution in [-0.4, -0.2) is 13.2 Å². The Morgan fingerprint density at radius 2 is 1.90 bits per heavy atom. The fourth-order valence-corrected chi connectivity index (χ4v) is 2.49.